The van der Waals surface area contributed by atoms with Gasteiger partial charge in [-0.2, -0.15) is 0 Å². The van der Waals surface area contributed by atoms with E-state index >= 15 is 0 Å². The lowest BCUT2D eigenvalue weighted by Crippen LogP contribution is -2.57. The molecule has 5 nitrogen and oxygen atoms in total. The summed E-state index contributed by atoms with van der Waals surface area (Å²) in [5, 5.41) is 36.5. The Bertz CT molecular complexity index is 150. The van der Waals surface area contributed by atoms with Gasteiger partial charge in [0.25, 0.3) is 0 Å². The molecular formula is C6H13BO5. The number of ether oxygens (including phenoxy) is 1. The summed E-state index contributed by atoms with van der Waals surface area (Å²) in [6, 6.07) is 0. The maximum atomic E-state index is 9.28. The van der Waals surface area contributed by atoms with E-state index in [9.17, 15) is 10.2 Å². The normalized spacial score (nSPS) is 49.2. The number of aliphatic hydroxyl groups is 4. The molecule has 0 radical (unpaired) electrons. The zero-order valence-electron chi connectivity index (χ0n) is 6.79. The van der Waals surface area contributed by atoms with Gasteiger partial charge >= 0.3 is 0 Å². The summed E-state index contributed by atoms with van der Waals surface area (Å²) in [6.07, 6.45) is -5.44. The summed E-state index contributed by atoms with van der Waals surface area (Å²) >= 11 is 0. The second-order valence-corrected chi connectivity index (χ2v) is 2.95. The fourth-order valence-electron chi connectivity index (χ4n) is 1.27. The Labute approximate surface area is 71.0 Å². The summed E-state index contributed by atoms with van der Waals surface area (Å²) in [7, 11) is 1.75. The molecule has 0 aromatic rings. The van der Waals surface area contributed by atoms with E-state index in [1.54, 1.807) is 7.85 Å². The largest absolute Gasteiger partial charge is 0.388 e. The molecule has 1 rings (SSSR count). The third-order valence-corrected chi connectivity index (χ3v) is 2.09. The molecule has 1 fully saturated rings. The van der Waals surface area contributed by atoms with Crippen molar-refractivity contribution in [2.24, 2.45) is 0 Å². The van der Waals surface area contributed by atoms with Crippen LogP contribution in [0.3, 0.4) is 0 Å². The van der Waals surface area contributed by atoms with Gasteiger partial charge in [-0.1, -0.05) is 6.32 Å². The Kier molecular flexibility index (Phi) is 3.08. The maximum Gasteiger partial charge on any atom is 0.183 e. The zero-order chi connectivity index (χ0) is 9.30. The molecule has 70 valence electrons. The third kappa shape index (κ3) is 1.62. The lowest BCUT2D eigenvalue weighted by Gasteiger charge is -2.37. The summed E-state index contributed by atoms with van der Waals surface area (Å²) in [6.45, 7) is 0. The van der Waals surface area contributed by atoms with Crippen molar-refractivity contribution in [1.82, 2.24) is 0 Å². The van der Waals surface area contributed by atoms with E-state index in [-0.39, 0.29) is 0 Å². The van der Waals surface area contributed by atoms with Crippen LogP contribution in [0, 0.1) is 0 Å². The Morgan fingerprint density at radius 3 is 2.08 bits per heavy atom. The van der Waals surface area contributed by atoms with E-state index < -0.39 is 30.7 Å². The fourth-order valence-corrected chi connectivity index (χ4v) is 1.27. The summed E-state index contributed by atoms with van der Waals surface area (Å²) in [5.41, 5.74) is 0. The second kappa shape index (κ2) is 3.72. The maximum absolute atomic E-state index is 9.28. The lowest BCUT2D eigenvalue weighted by molar-refractivity contribution is -0.277. The van der Waals surface area contributed by atoms with Crippen molar-refractivity contribution in [3.8, 4) is 0 Å². The average molecular weight is 176 g/mol. The highest BCUT2D eigenvalue weighted by Crippen LogP contribution is 2.21. The Hall–Kier alpha value is -0.135. The molecule has 5 atom stereocenters. The van der Waals surface area contributed by atoms with Crippen LogP contribution < -0.4 is 0 Å². The third-order valence-electron chi connectivity index (χ3n) is 2.09. The van der Waals surface area contributed by atoms with Gasteiger partial charge in [-0.25, -0.2) is 0 Å². The molecule has 1 heterocycles. The molecule has 1 aliphatic rings. The topological polar surface area (TPSA) is 90.2 Å². The molecule has 12 heavy (non-hydrogen) atoms. The minimum Gasteiger partial charge on any atom is -0.388 e. The van der Waals surface area contributed by atoms with Crippen LogP contribution in [0.5, 0.6) is 0 Å². The Morgan fingerprint density at radius 1 is 1.00 bits per heavy atom. The highest BCUT2D eigenvalue weighted by Gasteiger charge is 2.41. The van der Waals surface area contributed by atoms with Gasteiger partial charge in [0, 0.05) is 0 Å². The SMILES string of the molecule is BCC1OC(O)C(O)C(O)C1O. The quantitative estimate of drug-likeness (QED) is 0.316. The molecule has 0 saturated carbocycles. The van der Waals surface area contributed by atoms with Crippen molar-refractivity contribution in [3.63, 3.8) is 0 Å². The first-order valence-corrected chi connectivity index (χ1v) is 3.95. The van der Waals surface area contributed by atoms with Crippen LogP contribution in [-0.4, -0.2) is 59.0 Å². The molecule has 1 saturated heterocycles. The van der Waals surface area contributed by atoms with Crippen LogP contribution in [0.4, 0.5) is 0 Å². The van der Waals surface area contributed by atoms with Crippen molar-refractivity contribution in [2.45, 2.75) is 37.0 Å². The van der Waals surface area contributed by atoms with Gasteiger partial charge in [0.2, 0.25) is 0 Å². The van der Waals surface area contributed by atoms with Crippen LogP contribution in [0.2, 0.25) is 6.32 Å². The number of hydrogen-bond acceptors (Lipinski definition) is 5. The molecule has 0 amide bonds. The first kappa shape index (κ1) is 9.95. The molecule has 0 bridgehead atoms. The monoisotopic (exact) mass is 176 g/mol. The molecule has 0 aromatic carbocycles. The van der Waals surface area contributed by atoms with E-state index in [0.29, 0.717) is 6.32 Å². The highest BCUT2D eigenvalue weighted by molar-refractivity contribution is 6.08. The minimum atomic E-state index is -1.43. The first-order valence-electron chi connectivity index (χ1n) is 3.95. The molecule has 0 spiro atoms. The molecule has 0 aliphatic carbocycles. The van der Waals surface area contributed by atoms with Gasteiger partial charge in [0.15, 0.2) is 6.29 Å². The van der Waals surface area contributed by atoms with Gasteiger partial charge in [-0.15, -0.1) is 0 Å². The summed E-state index contributed by atoms with van der Waals surface area (Å²) < 4.78 is 4.83. The van der Waals surface area contributed by atoms with Crippen LogP contribution in [0.15, 0.2) is 0 Å². The van der Waals surface area contributed by atoms with E-state index in [0.717, 1.165) is 0 Å². The lowest BCUT2D eigenvalue weighted by atomic mass is 9.89. The number of aliphatic hydroxyl groups excluding tert-OH is 4. The van der Waals surface area contributed by atoms with E-state index in [4.69, 9.17) is 14.9 Å². The molecule has 0 aromatic heterocycles. The van der Waals surface area contributed by atoms with Crippen LogP contribution in [0.1, 0.15) is 0 Å². The smallest absolute Gasteiger partial charge is 0.183 e. The molecule has 1 aliphatic heterocycles. The minimum absolute atomic E-state index is 0.474. The van der Waals surface area contributed by atoms with E-state index in [1.807, 2.05) is 0 Å². The van der Waals surface area contributed by atoms with Crippen LogP contribution in [-0.2, 0) is 4.74 Å². The zero-order valence-corrected chi connectivity index (χ0v) is 6.79. The van der Waals surface area contributed by atoms with Gasteiger partial charge in [0.05, 0.1) is 6.10 Å². The van der Waals surface area contributed by atoms with Gasteiger partial charge in [0.1, 0.15) is 26.2 Å². The van der Waals surface area contributed by atoms with Crippen LogP contribution >= 0.6 is 0 Å². The highest BCUT2D eigenvalue weighted by atomic mass is 16.6. The van der Waals surface area contributed by atoms with Crippen molar-refractivity contribution in [1.29, 1.82) is 0 Å². The van der Waals surface area contributed by atoms with Gasteiger partial charge < -0.3 is 25.2 Å². The molecule has 6 heteroatoms. The number of hydrogen-bond donors (Lipinski definition) is 4. The van der Waals surface area contributed by atoms with E-state index in [2.05, 4.69) is 0 Å². The predicted molar refractivity (Wildman–Crippen MR) is 42.3 cm³/mol. The van der Waals surface area contributed by atoms with Gasteiger partial charge in [-0.05, 0) is 0 Å². The summed E-state index contributed by atoms with van der Waals surface area (Å²) in [4.78, 5) is 0. The van der Waals surface area contributed by atoms with Crippen molar-refractivity contribution in [3.05, 3.63) is 0 Å². The Balaban J connectivity index is 2.63. The summed E-state index contributed by atoms with van der Waals surface area (Å²) in [5.74, 6) is 0. The predicted octanol–water partition coefficient (Wildman–Crippen LogP) is -3.16. The molecular weight excluding hydrogens is 163 g/mol. The Morgan fingerprint density at radius 2 is 1.58 bits per heavy atom. The number of rotatable bonds is 1. The standard InChI is InChI=1S/C6H13BO5/c7-1-2-3(8)4(9)5(10)6(11)12-2/h2-6,8-11H,1,7H2. The van der Waals surface area contributed by atoms with Crippen LogP contribution in [0.25, 0.3) is 0 Å². The molecule has 5 unspecified atom stereocenters. The first-order chi connectivity index (χ1) is 5.57. The second-order valence-electron chi connectivity index (χ2n) is 2.95. The van der Waals surface area contributed by atoms with Crippen molar-refractivity contribution < 1.29 is 25.2 Å². The van der Waals surface area contributed by atoms with Gasteiger partial charge in [-0.3, -0.25) is 0 Å². The van der Waals surface area contributed by atoms with E-state index in [1.165, 1.54) is 0 Å². The van der Waals surface area contributed by atoms with Crippen molar-refractivity contribution in [2.75, 3.05) is 0 Å². The fraction of sp³-hybridized carbons (Fsp3) is 1.00. The molecule has 4 N–H and O–H groups in total. The van der Waals surface area contributed by atoms with Crippen molar-refractivity contribution >= 4 is 7.85 Å². The average Bonchev–Trinajstić information content (AvgIpc) is 2.08.